The third kappa shape index (κ3) is 13.5. The predicted octanol–water partition coefficient (Wildman–Crippen LogP) is 7.12. The van der Waals surface area contributed by atoms with Gasteiger partial charge in [0.25, 0.3) is 11.8 Å². The van der Waals surface area contributed by atoms with E-state index in [1.807, 2.05) is 48.5 Å². The van der Waals surface area contributed by atoms with E-state index in [1.165, 1.54) is 48.8 Å². The quantitative estimate of drug-likeness (QED) is 0.0172. The lowest BCUT2D eigenvalue weighted by atomic mass is 9.85. The smallest absolute Gasteiger partial charge is 0.353 e. The van der Waals surface area contributed by atoms with Crippen LogP contribution in [0, 0.1) is 5.92 Å². The fourth-order valence-corrected chi connectivity index (χ4v) is 9.31. The number of thiazole rings is 1. The van der Waals surface area contributed by atoms with Crippen molar-refractivity contribution < 1.29 is 33.5 Å². The van der Waals surface area contributed by atoms with Crippen molar-refractivity contribution in [3.63, 3.8) is 0 Å². The number of hydrogen-bond acceptors (Lipinski definition) is 12. The molecule has 1 fully saturated rings. The fraction of sp³-hybridized carbons (Fsp3) is 0.353. The van der Waals surface area contributed by atoms with Gasteiger partial charge in [0.1, 0.15) is 16.4 Å². The van der Waals surface area contributed by atoms with Crippen molar-refractivity contribution in [3.8, 4) is 10.6 Å². The number of para-hydroxylation sites is 1. The van der Waals surface area contributed by atoms with Gasteiger partial charge in [0.05, 0.1) is 36.4 Å². The van der Waals surface area contributed by atoms with Crippen molar-refractivity contribution in [1.29, 1.82) is 0 Å². The summed E-state index contributed by atoms with van der Waals surface area (Å²) in [5, 5.41) is 14.3. The number of anilines is 2. The Morgan fingerprint density at radius 2 is 1.56 bits per heavy atom. The van der Waals surface area contributed by atoms with Crippen molar-refractivity contribution in [2.24, 2.45) is 17.5 Å². The molecule has 17 heteroatoms. The first-order valence-electron chi connectivity index (χ1n) is 23.0. The number of hydrogen-bond donors (Lipinski definition) is 6. The molecule has 358 valence electrons. The third-order valence-corrected chi connectivity index (χ3v) is 12.9. The van der Waals surface area contributed by atoms with Crippen LogP contribution in [0.1, 0.15) is 111 Å². The molecule has 6 rings (SSSR count). The van der Waals surface area contributed by atoms with E-state index < -0.39 is 17.8 Å². The third-order valence-electron chi connectivity index (χ3n) is 12.0. The van der Waals surface area contributed by atoms with Gasteiger partial charge >= 0.3 is 5.97 Å². The zero-order valence-electron chi connectivity index (χ0n) is 38.7. The summed E-state index contributed by atoms with van der Waals surface area (Å²) in [6.45, 7) is 9.78. The molecule has 0 bridgehead atoms. The topological polar surface area (TPSA) is 231 Å². The predicted molar refractivity (Wildman–Crippen MR) is 265 cm³/mol. The second-order valence-corrected chi connectivity index (χ2v) is 18.0. The minimum atomic E-state index is -0.845. The molecule has 1 aliphatic heterocycles. The number of carbonyl (C=O) groups excluding carboxylic acids is 6. The lowest BCUT2D eigenvalue weighted by Crippen LogP contribution is -2.36. The number of nitrogens with two attached hydrogens (primary N) is 2. The van der Waals surface area contributed by atoms with Gasteiger partial charge in [0, 0.05) is 59.6 Å². The van der Waals surface area contributed by atoms with Crippen molar-refractivity contribution in [3.05, 3.63) is 125 Å². The molecule has 5 amide bonds. The molecule has 0 unspecified atom stereocenters. The Kier molecular flexibility index (Phi) is 17.8. The minimum absolute atomic E-state index is 0.0361. The molecule has 2 heterocycles. The number of nitrogens with one attached hydrogen (secondary N) is 4. The number of amides is 5. The average molecular weight is 944 g/mol. The lowest BCUT2D eigenvalue weighted by Gasteiger charge is -2.33. The van der Waals surface area contributed by atoms with Crippen LogP contribution in [0.15, 0.2) is 103 Å². The van der Waals surface area contributed by atoms with Crippen LogP contribution in [0.25, 0.3) is 22.0 Å². The first-order valence-corrected chi connectivity index (χ1v) is 23.8. The summed E-state index contributed by atoms with van der Waals surface area (Å²) < 4.78 is 4.49. The number of methoxy groups -OCH3 is 1. The van der Waals surface area contributed by atoms with Gasteiger partial charge < -0.3 is 41.6 Å². The number of nitrogens with zero attached hydrogens (tertiary/aromatic N) is 3. The summed E-state index contributed by atoms with van der Waals surface area (Å²) in [5.74, 6) is 4.63. The second kappa shape index (κ2) is 24.1. The summed E-state index contributed by atoms with van der Waals surface area (Å²) >= 11 is 1.20. The van der Waals surface area contributed by atoms with E-state index in [9.17, 15) is 28.8 Å². The SMILES string of the molecule is C=C(NC(=O)c1csc(-c2ccc(NC(=O)CCC(=O)N3Cc4ccccc4/C(N(N)CCCCCC(=O)N[C@H](C)CC4CCCCC4)=C(/N)c4ccccc43)cc2)n1)C(=O)NC(=C)C(=O)OC. The Labute approximate surface area is 401 Å². The Bertz CT molecular complexity index is 2550. The van der Waals surface area contributed by atoms with Crippen molar-refractivity contribution in [2.45, 2.75) is 96.6 Å². The van der Waals surface area contributed by atoms with E-state index in [4.69, 9.17) is 11.6 Å². The normalized spacial score (nSPS) is 15.0. The average Bonchev–Trinajstić information content (AvgIpc) is 3.83. The Morgan fingerprint density at radius 3 is 2.29 bits per heavy atom. The van der Waals surface area contributed by atoms with Crippen LogP contribution in [0.2, 0.25) is 0 Å². The number of esters is 1. The number of hydrazine groups is 1. The molecule has 1 aliphatic carbocycles. The molecule has 2 aliphatic rings. The maximum Gasteiger partial charge on any atom is 0.353 e. The number of fused-ring (bicyclic) bond motifs is 2. The maximum absolute atomic E-state index is 14.1. The highest BCUT2D eigenvalue weighted by Gasteiger charge is 2.28. The molecular weight excluding hydrogens is 883 g/mol. The number of benzene rings is 3. The van der Waals surface area contributed by atoms with Gasteiger partial charge in [-0.1, -0.05) is 94.1 Å². The van der Waals surface area contributed by atoms with E-state index >= 15 is 0 Å². The first kappa shape index (κ1) is 50.3. The van der Waals surface area contributed by atoms with E-state index in [0.717, 1.165) is 43.9 Å². The van der Waals surface area contributed by atoms with E-state index in [2.05, 4.69) is 51.1 Å². The number of ether oxygens (including phenoxy) is 1. The number of rotatable bonds is 20. The molecule has 3 aromatic carbocycles. The molecule has 0 radical (unpaired) electrons. The van der Waals surface area contributed by atoms with Gasteiger partial charge in [0.2, 0.25) is 17.7 Å². The molecule has 1 saturated carbocycles. The summed E-state index contributed by atoms with van der Waals surface area (Å²) in [5.41, 5.74) is 11.6. The zero-order valence-corrected chi connectivity index (χ0v) is 39.6. The van der Waals surface area contributed by atoms with Crippen LogP contribution in [0.4, 0.5) is 11.4 Å². The van der Waals surface area contributed by atoms with Crippen molar-refractivity contribution >= 4 is 69.6 Å². The molecule has 0 saturated heterocycles. The summed E-state index contributed by atoms with van der Waals surface area (Å²) in [6.07, 6.45) is 10.2. The summed E-state index contributed by atoms with van der Waals surface area (Å²) in [6, 6.07) is 22.2. The Morgan fingerprint density at radius 1 is 0.853 bits per heavy atom. The highest BCUT2D eigenvalue weighted by molar-refractivity contribution is 7.13. The maximum atomic E-state index is 14.1. The van der Waals surface area contributed by atoms with Gasteiger partial charge in [-0.2, -0.15) is 0 Å². The second-order valence-electron chi connectivity index (χ2n) is 17.1. The molecule has 16 nitrogen and oxygen atoms in total. The van der Waals surface area contributed by atoms with Crippen LogP contribution in [-0.4, -0.2) is 65.2 Å². The Hall–Kier alpha value is -7.11. The van der Waals surface area contributed by atoms with E-state index in [1.54, 1.807) is 34.2 Å². The van der Waals surface area contributed by atoms with Crippen LogP contribution in [-0.2, 0) is 35.3 Å². The highest BCUT2D eigenvalue weighted by atomic mass is 32.1. The van der Waals surface area contributed by atoms with Crippen LogP contribution in [0.3, 0.4) is 0 Å². The summed E-state index contributed by atoms with van der Waals surface area (Å²) in [7, 11) is 1.14. The fourth-order valence-electron chi connectivity index (χ4n) is 8.50. The van der Waals surface area contributed by atoms with Crippen LogP contribution >= 0.6 is 11.3 Å². The van der Waals surface area contributed by atoms with Gasteiger partial charge in [-0.25, -0.2) is 15.6 Å². The molecule has 1 aromatic heterocycles. The molecular formula is C51H61N9O7S. The number of carbonyl (C=O) groups is 6. The minimum Gasteiger partial charge on any atom is -0.464 e. The zero-order chi connectivity index (χ0) is 48.7. The van der Waals surface area contributed by atoms with Gasteiger partial charge in [-0.05, 0) is 68.0 Å². The molecule has 8 N–H and O–H groups in total. The van der Waals surface area contributed by atoms with E-state index in [0.29, 0.717) is 57.8 Å². The summed E-state index contributed by atoms with van der Waals surface area (Å²) in [4.78, 5) is 82.6. The standard InChI is InChI=1S/C51H61N9O7S/c1-32(29-35-15-7-5-8-16-35)54-43(61)21-9-6-14-28-60(53)47-39-18-11-10-17-37(39)30-59(42-20-13-12-19-40(42)46(47)52)45(63)27-26-44(62)57-38-24-22-36(23-25-38)50-58-41(31-68-50)49(65)55-33(2)48(64)56-34(3)51(66)67-4/h10-13,17-20,22-25,31-32,35H,2-3,5-9,14-16,21,26-30,52-53H2,1,4H3,(H,54,61)(H,55,65)(H,56,64)(H,57,62)/b47-46-/t32-/m1/s1. The lowest BCUT2D eigenvalue weighted by molar-refractivity contribution is -0.137. The van der Waals surface area contributed by atoms with Gasteiger partial charge in [-0.3, -0.25) is 24.0 Å². The number of aromatic nitrogens is 1. The van der Waals surface area contributed by atoms with Crippen LogP contribution < -0.4 is 37.7 Å². The van der Waals surface area contributed by atoms with E-state index in [-0.39, 0.29) is 60.2 Å². The van der Waals surface area contributed by atoms with Crippen molar-refractivity contribution in [1.82, 2.24) is 25.9 Å². The molecule has 1 atom stereocenters. The molecule has 68 heavy (non-hydrogen) atoms. The van der Waals surface area contributed by atoms with Crippen LogP contribution in [0.5, 0.6) is 0 Å². The first-order chi connectivity index (χ1) is 32.7. The Balaban J connectivity index is 1.02. The monoisotopic (exact) mass is 943 g/mol. The van der Waals surface area contributed by atoms with Gasteiger partial charge in [-0.15, -0.1) is 11.3 Å². The molecule has 0 spiro atoms. The largest absolute Gasteiger partial charge is 0.464 e. The number of unbranched alkanes of at least 4 members (excludes halogenated alkanes) is 2. The molecule has 4 aromatic rings. The highest BCUT2D eigenvalue weighted by Crippen LogP contribution is 2.37. The van der Waals surface area contributed by atoms with Gasteiger partial charge in [0.15, 0.2) is 0 Å². The van der Waals surface area contributed by atoms with Crippen molar-refractivity contribution in [2.75, 3.05) is 23.9 Å².